The quantitative estimate of drug-likeness (QED) is 0.00871. The fraction of sp³-hybridized carbons (Fsp3) is 0.472. The summed E-state index contributed by atoms with van der Waals surface area (Å²) in [5, 5.41) is 31.9. The number of nitrogens with zero attached hydrogens (tertiary/aromatic N) is 6. The lowest BCUT2D eigenvalue weighted by atomic mass is 9.69. The van der Waals surface area contributed by atoms with Crippen molar-refractivity contribution in [3.05, 3.63) is 131 Å². The molecular weight excluding hydrogens is 1340 g/mol. The molecular formula is C72H90N12O15S2. The molecule has 29 heteroatoms. The molecule has 3 aromatic heterocycles. The number of ether oxygens (including phenoxy) is 2. The molecule has 3 aliphatic rings. The standard InChI is InChI=1S/C72H90N12O15S2/c1-9-30-70(6)31-32-72(8,42-71(7,41-70)43-84-46(5)52(37-74-84)50-25-26-57(79-62(50)67(92)93)82-35-29-48-16-15-17-51(53(48)38-82)64(89)81-68-78-54-18-12-13-19-56(54)100-68)99-36-33-73-69(94)98-39-47-21-23-49(24-22-47)76-63(88)45(4)75-66(91)61(44(2)3)80-65(90)55(40-101(95,96)97)77-58(85)20-11-10-14-34-83-59(86)27-28-60(83)87/h12-13,15-19,21-28,37,44-45,55,61H,9-11,14,20,29-36,38-43H2,1-8H3,(H,73,94)(H,75,91)(H,76,88)(H,77,85)(H,80,90)(H,92,93)(H,78,81,89)(H,95,96,97)/t45-,55-,61-,70?,71-,72?/m0/s1. The second-order valence-electron chi connectivity index (χ2n) is 27.7. The summed E-state index contributed by atoms with van der Waals surface area (Å²) in [6.45, 7) is 17.3. The van der Waals surface area contributed by atoms with Crippen LogP contribution >= 0.6 is 11.3 Å². The lowest BCUT2D eigenvalue weighted by Crippen LogP contribution is -2.58. The van der Waals surface area contributed by atoms with E-state index in [1.165, 1.54) is 18.3 Å². The Morgan fingerprint density at radius 3 is 2.24 bits per heavy atom. The van der Waals surface area contributed by atoms with Crippen LogP contribution in [0.3, 0.4) is 0 Å². The van der Waals surface area contributed by atoms with E-state index in [9.17, 15) is 61.2 Å². The Labute approximate surface area is 591 Å². The largest absolute Gasteiger partial charge is 0.476 e. The first-order valence-corrected chi connectivity index (χ1v) is 36.5. The highest BCUT2D eigenvalue weighted by atomic mass is 32.2. The van der Waals surface area contributed by atoms with Crippen LogP contribution in [-0.4, -0.2) is 152 Å². The highest BCUT2D eigenvalue weighted by Gasteiger charge is 2.46. The van der Waals surface area contributed by atoms with Gasteiger partial charge < -0.3 is 46.1 Å². The maximum atomic E-state index is 13.8. The van der Waals surface area contributed by atoms with E-state index < -0.39 is 93.0 Å². The molecule has 1 saturated carbocycles. The number of amides is 8. The predicted octanol–water partition coefficient (Wildman–Crippen LogP) is 8.91. The molecule has 0 bridgehead atoms. The maximum absolute atomic E-state index is 13.8. The van der Waals surface area contributed by atoms with Gasteiger partial charge in [-0.05, 0) is 148 Å². The van der Waals surface area contributed by atoms with Crippen molar-refractivity contribution in [2.75, 3.05) is 47.5 Å². The average Bonchev–Trinajstić information content (AvgIpc) is 1.33. The first-order valence-electron chi connectivity index (χ1n) is 34.0. The number of para-hydroxylation sites is 1. The number of benzene rings is 3. The number of thiazole rings is 1. The number of imide groups is 1. The Balaban J connectivity index is 0.733. The fourth-order valence-corrected chi connectivity index (χ4v) is 15.4. The van der Waals surface area contributed by atoms with Crippen molar-refractivity contribution >= 4 is 102 Å². The number of carbonyl (C=O) groups is 9. The summed E-state index contributed by atoms with van der Waals surface area (Å²) in [7, 11) is -4.80. The second kappa shape index (κ2) is 32.9. The number of alkyl carbamates (subject to hydrolysis) is 1. The van der Waals surface area contributed by atoms with Gasteiger partial charge in [0.2, 0.25) is 23.6 Å². The van der Waals surface area contributed by atoms with Crippen LogP contribution in [0.5, 0.6) is 0 Å². The van der Waals surface area contributed by atoms with Crippen molar-refractivity contribution in [1.82, 2.24) is 45.9 Å². The van der Waals surface area contributed by atoms with Crippen molar-refractivity contribution in [2.24, 2.45) is 16.7 Å². The summed E-state index contributed by atoms with van der Waals surface area (Å²) in [6, 6.07) is 19.3. The zero-order chi connectivity index (χ0) is 73.0. The van der Waals surface area contributed by atoms with E-state index in [1.807, 2.05) is 59.0 Å². The molecule has 9 rings (SSSR count). The molecule has 6 aromatic rings. The Kier molecular flexibility index (Phi) is 24.7. The lowest BCUT2D eigenvalue weighted by molar-refractivity contribution is -0.137. The second-order valence-corrected chi connectivity index (χ2v) is 30.3. The van der Waals surface area contributed by atoms with Gasteiger partial charge in [-0.2, -0.15) is 13.5 Å². The number of aromatic carboxylic acids is 1. The Morgan fingerprint density at radius 2 is 1.53 bits per heavy atom. The number of aromatic nitrogens is 4. The molecule has 0 saturated heterocycles. The normalized spacial score (nSPS) is 19.2. The van der Waals surface area contributed by atoms with E-state index in [0.717, 1.165) is 76.2 Å². The van der Waals surface area contributed by atoms with E-state index in [-0.39, 0.29) is 61.6 Å². The Morgan fingerprint density at radius 1 is 0.792 bits per heavy atom. The summed E-state index contributed by atoms with van der Waals surface area (Å²) < 4.78 is 48.6. The number of carboxylic acids is 1. The summed E-state index contributed by atoms with van der Waals surface area (Å²) in [5.74, 6) is -6.81. The first-order chi connectivity index (χ1) is 47.9. The first kappa shape index (κ1) is 75.7. The molecule has 2 aliphatic heterocycles. The van der Waals surface area contributed by atoms with Gasteiger partial charge in [-0.1, -0.05) is 95.2 Å². The number of carbonyl (C=O) groups excluding carboxylic acids is 8. The zero-order valence-corrected chi connectivity index (χ0v) is 59.8. The molecule has 540 valence electrons. The molecule has 27 nitrogen and oxygen atoms in total. The van der Waals surface area contributed by atoms with Crippen LogP contribution < -0.4 is 36.8 Å². The number of hydrogen-bond donors (Lipinski definition) is 8. The topological polar surface area (TPSA) is 369 Å². The maximum Gasteiger partial charge on any atom is 0.407 e. The van der Waals surface area contributed by atoms with Gasteiger partial charge in [0.05, 0.1) is 28.6 Å². The van der Waals surface area contributed by atoms with E-state index in [2.05, 4.69) is 64.6 Å². The number of carboxylic acid groups (broad SMARTS) is 1. The number of rotatable bonds is 31. The SMILES string of the molecule is CCCC1(C)CCC(C)(OCCNC(=O)OCc2ccc(NC(=O)[C@H](C)NC(=O)[C@@H](NC(=O)[C@H](CS(=O)(=O)O)NC(=O)CCCCCN3C(=O)C=CC3=O)C(C)C)cc2)C[C@@](C)(Cn2ncc(-c3ccc(N4CCc5cccc(C(=O)Nc6nc7ccccc7s6)c5C4)nc3C(=O)O)c2C)C1. The monoisotopic (exact) mass is 1430 g/mol. The predicted molar refractivity (Wildman–Crippen MR) is 380 cm³/mol. The number of hydrogen-bond acceptors (Lipinski definition) is 18. The molecule has 3 aromatic carbocycles. The lowest BCUT2D eigenvalue weighted by Gasteiger charge is -2.40. The van der Waals surface area contributed by atoms with Crippen LogP contribution in [0, 0.1) is 23.7 Å². The molecule has 0 radical (unpaired) electrons. The van der Waals surface area contributed by atoms with Gasteiger partial charge >= 0.3 is 12.1 Å². The van der Waals surface area contributed by atoms with Gasteiger partial charge in [0.1, 0.15) is 36.3 Å². The third-order valence-corrected chi connectivity index (χ3v) is 20.5. The third-order valence-electron chi connectivity index (χ3n) is 18.8. The number of anilines is 3. The van der Waals surface area contributed by atoms with Crippen LogP contribution in [0.2, 0.25) is 0 Å². The summed E-state index contributed by atoms with van der Waals surface area (Å²) >= 11 is 1.41. The minimum atomic E-state index is -4.80. The van der Waals surface area contributed by atoms with Gasteiger partial charge in [0, 0.05) is 79.4 Å². The van der Waals surface area contributed by atoms with Crippen molar-refractivity contribution in [1.29, 1.82) is 0 Å². The molecule has 8 amide bonds. The van der Waals surface area contributed by atoms with Gasteiger partial charge in [0.15, 0.2) is 10.8 Å². The van der Waals surface area contributed by atoms with Crippen molar-refractivity contribution < 1.29 is 70.7 Å². The van der Waals surface area contributed by atoms with Gasteiger partial charge in [-0.25, -0.2) is 19.6 Å². The van der Waals surface area contributed by atoms with Crippen molar-refractivity contribution in [3.8, 4) is 11.1 Å². The van der Waals surface area contributed by atoms with E-state index in [1.54, 1.807) is 56.4 Å². The van der Waals surface area contributed by atoms with Crippen LogP contribution in [0.1, 0.15) is 156 Å². The van der Waals surface area contributed by atoms with Crippen LogP contribution in [-0.2, 0) is 74.5 Å². The Hall–Kier alpha value is -9.45. The smallest absolute Gasteiger partial charge is 0.407 e. The molecule has 1 fully saturated rings. The van der Waals surface area contributed by atoms with Crippen molar-refractivity contribution in [2.45, 2.75) is 169 Å². The molecule has 1 aliphatic carbocycles. The zero-order valence-electron chi connectivity index (χ0n) is 58.2. The fourth-order valence-electron chi connectivity index (χ4n) is 13.9. The average molecular weight is 1430 g/mol. The third kappa shape index (κ3) is 20.2. The molecule has 0 spiro atoms. The molecule has 8 N–H and O–H groups in total. The molecule has 6 atom stereocenters. The highest BCUT2D eigenvalue weighted by molar-refractivity contribution is 7.85. The minimum Gasteiger partial charge on any atom is -0.476 e. The van der Waals surface area contributed by atoms with Crippen molar-refractivity contribution in [3.63, 3.8) is 0 Å². The van der Waals surface area contributed by atoms with Gasteiger partial charge in [0.25, 0.3) is 27.8 Å². The van der Waals surface area contributed by atoms with Gasteiger partial charge in [-0.15, -0.1) is 0 Å². The number of unbranched alkanes of at least 4 members (excludes halogenated alkanes) is 2. The van der Waals surface area contributed by atoms with E-state index >= 15 is 0 Å². The molecule has 2 unspecified atom stereocenters. The summed E-state index contributed by atoms with van der Waals surface area (Å²) in [6.07, 6.45) is 10.2. The van der Waals surface area contributed by atoms with E-state index in [0.29, 0.717) is 84.2 Å². The summed E-state index contributed by atoms with van der Waals surface area (Å²) in [5.41, 5.74) is 5.05. The summed E-state index contributed by atoms with van der Waals surface area (Å²) in [4.78, 5) is 129. The van der Waals surface area contributed by atoms with Gasteiger partial charge in [-0.3, -0.25) is 53.0 Å². The van der Waals surface area contributed by atoms with Crippen LogP contribution in [0.25, 0.3) is 21.3 Å². The molecule has 5 heterocycles. The van der Waals surface area contributed by atoms with Crippen LogP contribution in [0.4, 0.5) is 21.4 Å². The van der Waals surface area contributed by atoms with E-state index in [4.69, 9.17) is 19.6 Å². The Bertz CT molecular complexity index is 4180. The number of nitrogens with one attached hydrogen (secondary N) is 6. The number of fused-ring (bicyclic) bond motifs is 2. The highest BCUT2D eigenvalue weighted by Crippen LogP contribution is 2.52. The number of pyridine rings is 1. The molecule has 101 heavy (non-hydrogen) atoms. The van der Waals surface area contributed by atoms with Crippen LogP contribution in [0.15, 0.2) is 97.2 Å². The minimum absolute atomic E-state index is 0.00871.